The van der Waals surface area contributed by atoms with E-state index in [0.717, 1.165) is 5.56 Å². The Morgan fingerprint density at radius 3 is 2.14 bits per heavy atom. The van der Waals surface area contributed by atoms with Crippen molar-refractivity contribution in [2.45, 2.75) is 4.90 Å². The van der Waals surface area contributed by atoms with E-state index in [1.165, 1.54) is 30.3 Å². The molecule has 0 aliphatic rings. The van der Waals surface area contributed by atoms with Crippen LogP contribution in [0.4, 0.5) is 11.4 Å². The minimum Gasteiger partial charge on any atom is -0.323 e. The van der Waals surface area contributed by atoms with E-state index in [4.69, 9.17) is 11.6 Å². The smallest absolute Gasteiger partial charge is 0.261 e. The SMILES string of the molecule is O=C(C=Cc1ccccc1Cl)Nc1ccc(S(=O)(=O)Nc2ccccc2)cc1. The molecule has 1 amide bonds. The number of carbonyl (C=O) groups is 1. The lowest BCUT2D eigenvalue weighted by atomic mass is 10.2. The fourth-order valence-electron chi connectivity index (χ4n) is 2.40. The highest BCUT2D eigenvalue weighted by atomic mass is 35.5. The van der Waals surface area contributed by atoms with E-state index in [1.807, 2.05) is 12.1 Å². The molecule has 2 N–H and O–H groups in total. The molecule has 0 bridgehead atoms. The maximum Gasteiger partial charge on any atom is 0.261 e. The van der Waals surface area contributed by atoms with Gasteiger partial charge in [0.05, 0.1) is 4.90 Å². The zero-order chi connectivity index (χ0) is 20.0. The summed E-state index contributed by atoms with van der Waals surface area (Å²) in [7, 11) is -3.70. The van der Waals surface area contributed by atoms with Crippen molar-refractivity contribution in [1.29, 1.82) is 0 Å². The van der Waals surface area contributed by atoms with Crippen molar-refractivity contribution in [3.05, 3.63) is 95.5 Å². The monoisotopic (exact) mass is 412 g/mol. The van der Waals surface area contributed by atoms with Gasteiger partial charge in [-0.2, -0.15) is 0 Å². The molecular formula is C21H17ClN2O3S. The summed E-state index contributed by atoms with van der Waals surface area (Å²) < 4.78 is 27.3. The Morgan fingerprint density at radius 2 is 1.46 bits per heavy atom. The maximum atomic E-state index is 12.4. The van der Waals surface area contributed by atoms with Crippen molar-refractivity contribution in [2.24, 2.45) is 0 Å². The number of amides is 1. The third kappa shape index (κ3) is 5.22. The number of benzene rings is 3. The van der Waals surface area contributed by atoms with Crippen molar-refractivity contribution in [3.8, 4) is 0 Å². The predicted molar refractivity (Wildman–Crippen MR) is 113 cm³/mol. The second-order valence-corrected chi connectivity index (χ2v) is 7.93. The first-order chi connectivity index (χ1) is 13.4. The summed E-state index contributed by atoms with van der Waals surface area (Å²) in [6, 6.07) is 21.7. The molecule has 0 heterocycles. The average molecular weight is 413 g/mol. The molecule has 0 fully saturated rings. The van der Waals surface area contributed by atoms with E-state index in [0.29, 0.717) is 16.4 Å². The number of rotatable bonds is 6. The lowest BCUT2D eigenvalue weighted by Gasteiger charge is -2.09. The van der Waals surface area contributed by atoms with Crippen LogP contribution in [-0.2, 0) is 14.8 Å². The van der Waals surface area contributed by atoms with E-state index in [1.54, 1.807) is 48.5 Å². The average Bonchev–Trinajstić information content (AvgIpc) is 2.68. The Balaban J connectivity index is 1.65. The molecule has 0 spiro atoms. The third-order valence-corrected chi connectivity index (χ3v) is 5.52. The second-order valence-electron chi connectivity index (χ2n) is 5.84. The van der Waals surface area contributed by atoms with E-state index >= 15 is 0 Å². The topological polar surface area (TPSA) is 75.3 Å². The molecule has 3 aromatic carbocycles. The Labute approximate surface area is 168 Å². The minimum absolute atomic E-state index is 0.0981. The molecule has 7 heteroatoms. The molecule has 0 atom stereocenters. The number of hydrogen-bond donors (Lipinski definition) is 2. The van der Waals surface area contributed by atoms with Crippen molar-refractivity contribution >= 4 is 45.0 Å². The Bertz CT molecular complexity index is 1100. The largest absolute Gasteiger partial charge is 0.323 e. The van der Waals surface area contributed by atoms with Crippen LogP contribution in [0.5, 0.6) is 0 Å². The Morgan fingerprint density at radius 1 is 0.821 bits per heavy atom. The number of hydrogen-bond acceptors (Lipinski definition) is 3. The van der Waals surface area contributed by atoms with Crippen molar-refractivity contribution in [2.75, 3.05) is 10.0 Å². The zero-order valence-corrected chi connectivity index (χ0v) is 16.2. The lowest BCUT2D eigenvalue weighted by molar-refractivity contribution is -0.111. The Hall–Kier alpha value is -3.09. The van der Waals surface area contributed by atoms with Gasteiger partial charge in [0.1, 0.15) is 0 Å². The number of halogens is 1. The fraction of sp³-hybridized carbons (Fsp3) is 0. The van der Waals surface area contributed by atoms with Crippen LogP contribution in [0.15, 0.2) is 89.8 Å². The first-order valence-corrected chi connectivity index (χ1v) is 10.2. The van der Waals surface area contributed by atoms with Crippen LogP contribution in [0.1, 0.15) is 5.56 Å². The van der Waals surface area contributed by atoms with Crippen LogP contribution in [0.25, 0.3) is 6.08 Å². The highest BCUT2D eigenvalue weighted by molar-refractivity contribution is 7.92. The van der Waals surface area contributed by atoms with Crippen LogP contribution in [-0.4, -0.2) is 14.3 Å². The third-order valence-electron chi connectivity index (χ3n) is 3.78. The molecule has 142 valence electrons. The Kier molecular flexibility index (Phi) is 6.13. The number of sulfonamides is 1. The van der Waals surface area contributed by atoms with Gasteiger partial charge in [0.15, 0.2) is 0 Å². The van der Waals surface area contributed by atoms with E-state index < -0.39 is 10.0 Å². The number of carbonyl (C=O) groups excluding carboxylic acids is 1. The normalized spacial score (nSPS) is 11.3. The lowest BCUT2D eigenvalue weighted by Crippen LogP contribution is -2.13. The second kappa shape index (κ2) is 8.73. The van der Waals surface area contributed by atoms with Crippen LogP contribution in [0, 0.1) is 0 Å². The minimum atomic E-state index is -3.70. The van der Waals surface area contributed by atoms with E-state index in [-0.39, 0.29) is 10.8 Å². The van der Waals surface area contributed by atoms with Crippen LogP contribution >= 0.6 is 11.6 Å². The van der Waals surface area contributed by atoms with Gasteiger partial charge < -0.3 is 5.32 Å². The summed E-state index contributed by atoms with van der Waals surface area (Å²) in [5, 5.41) is 3.22. The maximum absolute atomic E-state index is 12.4. The first-order valence-electron chi connectivity index (χ1n) is 8.35. The highest BCUT2D eigenvalue weighted by Crippen LogP contribution is 2.19. The predicted octanol–water partition coefficient (Wildman–Crippen LogP) is 4.79. The van der Waals surface area contributed by atoms with Gasteiger partial charge in [0, 0.05) is 22.5 Å². The molecular weight excluding hydrogens is 396 g/mol. The quantitative estimate of drug-likeness (QED) is 0.571. The van der Waals surface area contributed by atoms with Gasteiger partial charge >= 0.3 is 0 Å². The molecule has 3 aromatic rings. The summed E-state index contributed by atoms with van der Waals surface area (Å²) in [4.78, 5) is 12.1. The summed E-state index contributed by atoms with van der Waals surface area (Å²) in [6.07, 6.45) is 2.98. The molecule has 0 radical (unpaired) electrons. The van der Waals surface area contributed by atoms with Gasteiger partial charge in [-0.25, -0.2) is 8.42 Å². The molecule has 5 nitrogen and oxygen atoms in total. The summed E-state index contributed by atoms with van der Waals surface area (Å²) in [6.45, 7) is 0. The zero-order valence-electron chi connectivity index (χ0n) is 14.7. The molecule has 0 saturated heterocycles. The summed E-state index contributed by atoms with van der Waals surface area (Å²) in [5.74, 6) is -0.349. The molecule has 0 aliphatic heterocycles. The van der Waals surface area contributed by atoms with E-state index in [9.17, 15) is 13.2 Å². The molecule has 0 aromatic heterocycles. The van der Waals surface area contributed by atoms with Gasteiger partial charge in [0.2, 0.25) is 5.91 Å². The standard InChI is InChI=1S/C21H17ClN2O3S/c22-20-9-5-4-6-16(20)10-15-21(25)23-17-11-13-19(14-12-17)28(26,27)24-18-7-2-1-3-8-18/h1-15,24H,(H,23,25). The summed E-state index contributed by atoms with van der Waals surface area (Å²) >= 11 is 6.04. The fourth-order valence-corrected chi connectivity index (χ4v) is 3.65. The first kappa shape index (κ1) is 19.7. The molecule has 0 saturated carbocycles. The van der Waals surface area contributed by atoms with Gasteiger partial charge in [0.25, 0.3) is 10.0 Å². The van der Waals surface area contributed by atoms with E-state index in [2.05, 4.69) is 10.0 Å². The highest BCUT2D eigenvalue weighted by Gasteiger charge is 2.14. The van der Waals surface area contributed by atoms with Crippen LogP contribution in [0.2, 0.25) is 5.02 Å². The van der Waals surface area contributed by atoms with Gasteiger partial charge in [-0.05, 0) is 54.1 Å². The molecule has 3 rings (SSSR count). The van der Waals surface area contributed by atoms with Gasteiger partial charge in [-0.15, -0.1) is 0 Å². The van der Waals surface area contributed by atoms with Crippen LogP contribution < -0.4 is 10.0 Å². The molecule has 0 unspecified atom stereocenters. The molecule has 0 aliphatic carbocycles. The van der Waals surface area contributed by atoms with Gasteiger partial charge in [-0.1, -0.05) is 48.0 Å². The van der Waals surface area contributed by atoms with Crippen LogP contribution in [0.3, 0.4) is 0 Å². The number of anilines is 2. The van der Waals surface area contributed by atoms with Crippen molar-refractivity contribution in [3.63, 3.8) is 0 Å². The van der Waals surface area contributed by atoms with Crippen molar-refractivity contribution < 1.29 is 13.2 Å². The summed E-state index contributed by atoms with van der Waals surface area (Å²) in [5.41, 5.74) is 1.69. The molecule has 28 heavy (non-hydrogen) atoms. The number of para-hydroxylation sites is 1. The number of nitrogens with one attached hydrogen (secondary N) is 2. The van der Waals surface area contributed by atoms with Gasteiger partial charge in [-0.3, -0.25) is 9.52 Å². The van der Waals surface area contributed by atoms with Crippen molar-refractivity contribution in [1.82, 2.24) is 0 Å².